The molecular weight excluding hydrogens is 324 g/mol. The average molecular weight is 337 g/mol. The number of carbonyl (C=O) groups excluding carboxylic acids is 1. The summed E-state index contributed by atoms with van der Waals surface area (Å²) in [7, 11) is 0. The molecule has 0 aliphatic heterocycles. The highest BCUT2D eigenvalue weighted by atomic mass is 79.9. The molecule has 1 amide bonds. The molecule has 0 atom stereocenters. The fourth-order valence-corrected chi connectivity index (χ4v) is 2.60. The van der Waals surface area contributed by atoms with Crippen LogP contribution in [-0.4, -0.2) is 11.7 Å². The Kier molecular flexibility index (Phi) is 4.87. The molecule has 0 aromatic heterocycles. The van der Waals surface area contributed by atoms with Crippen LogP contribution in [0.25, 0.3) is 0 Å². The quantitative estimate of drug-likeness (QED) is 0.660. The van der Waals surface area contributed by atoms with E-state index in [4.69, 9.17) is 5.73 Å². The standard InChI is InChI=1S/C14H13BrN2OS/c15-10-6-7-13(12(16)8-10)17-14(18)9-19-11-4-2-1-3-5-11/h1-8H,9,16H2,(H,17,18). The fraction of sp³-hybridized carbons (Fsp3) is 0.0714. The number of rotatable bonds is 4. The minimum atomic E-state index is -0.0668. The van der Waals surface area contributed by atoms with Crippen LogP contribution < -0.4 is 11.1 Å². The molecule has 0 fully saturated rings. The first-order valence-electron chi connectivity index (χ1n) is 5.68. The fourth-order valence-electron chi connectivity index (χ4n) is 1.50. The van der Waals surface area contributed by atoms with Gasteiger partial charge in [0.25, 0.3) is 0 Å². The molecule has 2 aromatic carbocycles. The summed E-state index contributed by atoms with van der Waals surface area (Å²) < 4.78 is 0.890. The first-order chi connectivity index (χ1) is 9.15. The first kappa shape index (κ1) is 14.0. The highest BCUT2D eigenvalue weighted by molar-refractivity contribution is 9.10. The topological polar surface area (TPSA) is 55.1 Å². The molecule has 0 aliphatic carbocycles. The van der Waals surface area contributed by atoms with Crippen molar-refractivity contribution in [1.82, 2.24) is 0 Å². The van der Waals surface area contributed by atoms with E-state index in [2.05, 4.69) is 21.2 Å². The van der Waals surface area contributed by atoms with Crippen molar-refractivity contribution in [3.63, 3.8) is 0 Å². The predicted molar refractivity (Wildman–Crippen MR) is 84.4 cm³/mol. The lowest BCUT2D eigenvalue weighted by Gasteiger charge is -2.08. The van der Waals surface area contributed by atoms with Gasteiger partial charge in [-0.3, -0.25) is 4.79 Å². The average Bonchev–Trinajstić information content (AvgIpc) is 2.41. The molecule has 19 heavy (non-hydrogen) atoms. The van der Waals surface area contributed by atoms with Gasteiger partial charge in [-0.15, -0.1) is 11.8 Å². The van der Waals surface area contributed by atoms with Gasteiger partial charge in [0.2, 0.25) is 5.91 Å². The minimum absolute atomic E-state index is 0.0668. The number of nitrogens with one attached hydrogen (secondary N) is 1. The lowest BCUT2D eigenvalue weighted by atomic mass is 10.3. The van der Waals surface area contributed by atoms with Gasteiger partial charge in [-0.2, -0.15) is 0 Å². The molecule has 0 saturated heterocycles. The molecule has 0 aliphatic rings. The highest BCUT2D eigenvalue weighted by Gasteiger charge is 2.06. The summed E-state index contributed by atoms with van der Waals surface area (Å²) in [6, 6.07) is 15.2. The molecule has 2 aromatic rings. The molecule has 0 bridgehead atoms. The minimum Gasteiger partial charge on any atom is -0.397 e. The second kappa shape index (κ2) is 6.63. The number of amides is 1. The number of benzene rings is 2. The Hall–Kier alpha value is -1.46. The molecule has 98 valence electrons. The van der Waals surface area contributed by atoms with Gasteiger partial charge in [0.05, 0.1) is 17.1 Å². The van der Waals surface area contributed by atoms with Crippen LogP contribution in [0.1, 0.15) is 0 Å². The van der Waals surface area contributed by atoms with Gasteiger partial charge in [-0.1, -0.05) is 34.1 Å². The second-order valence-corrected chi connectivity index (χ2v) is 5.85. The summed E-state index contributed by atoms with van der Waals surface area (Å²) in [5.41, 5.74) is 7.01. The molecule has 2 rings (SSSR count). The van der Waals surface area contributed by atoms with Gasteiger partial charge in [0.15, 0.2) is 0 Å². The van der Waals surface area contributed by atoms with E-state index < -0.39 is 0 Å². The van der Waals surface area contributed by atoms with Gasteiger partial charge in [0, 0.05) is 9.37 Å². The Balaban J connectivity index is 1.91. The van der Waals surface area contributed by atoms with Crippen molar-refractivity contribution in [2.24, 2.45) is 0 Å². The number of thioether (sulfide) groups is 1. The number of hydrogen-bond donors (Lipinski definition) is 2. The number of hydrogen-bond acceptors (Lipinski definition) is 3. The summed E-state index contributed by atoms with van der Waals surface area (Å²) in [4.78, 5) is 12.9. The normalized spacial score (nSPS) is 10.2. The Labute approximate surface area is 124 Å². The van der Waals surface area contributed by atoms with Gasteiger partial charge in [-0.25, -0.2) is 0 Å². The zero-order valence-corrected chi connectivity index (χ0v) is 12.5. The highest BCUT2D eigenvalue weighted by Crippen LogP contribution is 2.23. The SMILES string of the molecule is Nc1cc(Br)ccc1NC(=O)CSc1ccccc1. The Morgan fingerprint density at radius 3 is 2.63 bits per heavy atom. The molecule has 0 spiro atoms. The van der Waals surface area contributed by atoms with Crippen molar-refractivity contribution in [2.45, 2.75) is 4.90 Å². The molecule has 0 unspecified atom stereocenters. The van der Waals surface area contributed by atoms with Crippen molar-refractivity contribution in [1.29, 1.82) is 0 Å². The predicted octanol–water partition coefficient (Wildman–Crippen LogP) is 3.76. The largest absolute Gasteiger partial charge is 0.397 e. The van der Waals surface area contributed by atoms with Gasteiger partial charge in [0.1, 0.15) is 0 Å². The Bertz CT molecular complexity index is 575. The van der Waals surface area contributed by atoms with Crippen molar-refractivity contribution in [3.8, 4) is 0 Å². The maximum atomic E-state index is 11.8. The number of nitrogens with two attached hydrogens (primary N) is 1. The van der Waals surface area contributed by atoms with Crippen LogP contribution in [0.2, 0.25) is 0 Å². The molecular formula is C14H13BrN2OS. The third-order valence-corrected chi connectivity index (χ3v) is 3.91. The van der Waals surface area contributed by atoms with Crippen molar-refractivity contribution in [3.05, 3.63) is 53.0 Å². The second-order valence-electron chi connectivity index (χ2n) is 3.88. The van der Waals surface area contributed by atoms with E-state index in [9.17, 15) is 4.79 Å². The molecule has 0 saturated carbocycles. The van der Waals surface area contributed by atoms with E-state index in [1.807, 2.05) is 36.4 Å². The third-order valence-electron chi connectivity index (χ3n) is 2.40. The van der Waals surface area contributed by atoms with E-state index in [1.165, 1.54) is 11.8 Å². The van der Waals surface area contributed by atoms with E-state index in [1.54, 1.807) is 12.1 Å². The van der Waals surface area contributed by atoms with Crippen LogP contribution in [-0.2, 0) is 4.79 Å². The van der Waals surface area contributed by atoms with E-state index >= 15 is 0 Å². The summed E-state index contributed by atoms with van der Waals surface area (Å²) in [6.07, 6.45) is 0. The maximum Gasteiger partial charge on any atom is 0.234 e. The van der Waals surface area contributed by atoms with Gasteiger partial charge in [-0.05, 0) is 30.3 Å². The number of nitrogen functional groups attached to an aromatic ring is 1. The van der Waals surface area contributed by atoms with Crippen LogP contribution >= 0.6 is 27.7 Å². The Morgan fingerprint density at radius 2 is 1.95 bits per heavy atom. The molecule has 3 nitrogen and oxygen atoms in total. The molecule has 0 heterocycles. The Morgan fingerprint density at radius 1 is 1.21 bits per heavy atom. The third kappa shape index (κ3) is 4.29. The summed E-state index contributed by atoms with van der Waals surface area (Å²) in [5.74, 6) is 0.294. The number of halogens is 1. The molecule has 3 N–H and O–H groups in total. The van der Waals surface area contributed by atoms with Crippen LogP contribution in [0.5, 0.6) is 0 Å². The smallest absolute Gasteiger partial charge is 0.234 e. The summed E-state index contributed by atoms with van der Waals surface area (Å²) >= 11 is 4.82. The van der Waals surface area contributed by atoms with Gasteiger partial charge >= 0.3 is 0 Å². The van der Waals surface area contributed by atoms with Crippen molar-refractivity contribution in [2.75, 3.05) is 16.8 Å². The number of carbonyl (C=O) groups is 1. The molecule has 5 heteroatoms. The van der Waals surface area contributed by atoms with Crippen LogP contribution in [0.15, 0.2) is 57.9 Å². The van der Waals surface area contributed by atoms with E-state index in [0.29, 0.717) is 17.1 Å². The lowest BCUT2D eigenvalue weighted by Crippen LogP contribution is -2.15. The zero-order valence-electron chi connectivity index (χ0n) is 10.1. The van der Waals surface area contributed by atoms with E-state index in [-0.39, 0.29) is 5.91 Å². The lowest BCUT2D eigenvalue weighted by molar-refractivity contribution is -0.113. The number of anilines is 2. The summed E-state index contributed by atoms with van der Waals surface area (Å²) in [6.45, 7) is 0. The maximum absolute atomic E-state index is 11.8. The zero-order chi connectivity index (χ0) is 13.7. The van der Waals surface area contributed by atoms with Crippen molar-refractivity contribution >= 4 is 45.0 Å². The first-order valence-corrected chi connectivity index (χ1v) is 7.46. The van der Waals surface area contributed by atoms with Crippen LogP contribution in [0.3, 0.4) is 0 Å². The van der Waals surface area contributed by atoms with Crippen LogP contribution in [0.4, 0.5) is 11.4 Å². The van der Waals surface area contributed by atoms with Crippen LogP contribution in [0, 0.1) is 0 Å². The van der Waals surface area contributed by atoms with E-state index in [0.717, 1.165) is 9.37 Å². The van der Waals surface area contributed by atoms with Gasteiger partial charge < -0.3 is 11.1 Å². The monoisotopic (exact) mass is 336 g/mol. The van der Waals surface area contributed by atoms with Crippen molar-refractivity contribution < 1.29 is 4.79 Å². The summed E-state index contributed by atoms with van der Waals surface area (Å²) in [5, 5.41) is 2.80. The molecule has 0 radical (unpaired) electrons.